The Balaban J connectivity index is 1.10. The number of methoxy groups -OCH3 is 2. The third-order valence-electron chi connectivity index (χ3n) is 11.2. The fourth-order valence-corrected chi connectivity index (χ4v) is 8.57. The molecule has 0 spiro atoms. The number of hydrogen-bond donors (Lipinski definition) is 0. The highest BCUT2D eigenvalue weighted by Crippen LogP contribution is 2.45. The molecule has 8 rings (SSSR count). The fraction of sp³-hybridized carbons (Fsp3) is 0.400. The lowest BCUT2D eigenvalue weighted by Crippen LogP contribution is -2.44. The molecular weight excluding hydrogens is 881 g/mol. The van der Waals surface area contributed by atoms with Gasteiger partial charge in [-0.25, -0.2) is 33.6 Å². The molecule has 0 unspecified atom stereocenters. The van der Waals surface area contributed by atoms with Gasteiger partial charge in [-0.3, -0.25) is 0 Å². The number of aromatic nitrogens is 5. The highest BCUT2D eigenvalue weighted by molar-refractivity contribution is 6.33. The molecule has 0 bridgehead atoms. The Bertz CT molecular complexity index is 2760. The van der Waals surface area contributed by atoms with Gasteiger partial charge < -0.3 is 33.3 Å². The summed E-state index contributed by atoms with van der Waals surface area (Å²) in [5.74, 6) is 0.580. The van der Waals surface area contributed by atoms with Crippen molar-refractivity contribution in [2.75, 3.05) is 24.0 Å². The van der Waals surface area contributed by atoms with E-state index in [0.29, 0.717) is 58.7 Å². The quantitative estimate of drug-likeness (QED) is 0.107. The van der Waals surface area contributed by atoms with Gasteiger partial charge in [0.15, 0.2) is 17.3 Å². The number of carbonyl (C=O) groups excluding carboxylic acids is 2. The van der Waals surface area contributed by atoms with Gasteiger partial charge in [0, 0.05) is 18.5 Å². The molecule has 1 aliphatic carbocycles. The highest BCUT2D eigenvalue weighted by atomic mass is 35.5. The second-order valence-corrected chi connectivity index (χ2v) is 19.5. The number of amides is 2. The normalized spacial score (nSPS) is 17.9. The Morgan fingerprint density at radius 2 is 1.39 bits per heavy atom. The van der Waals surface area contributed by atoms with Crippen LogP contribution in [0.5, 0.6) is 11.5 Å². The topological polar surface area (TPSA) is 152 Å². The summed E-state index contributed by atoms with van der Waals surface area (Å²) in [5.41, 5.74) is 2.62. The summed E-state index contributed by atoms with van der Waals surface area (Å²) in [6.45, 7) is 14.8. The molecule has 4 heterocycles. The van der Waals surface area contributed by atoms with Gasteiger partial charge in [0.05, 0.1) is 36.3 Å². The largest absolute Gasteiger partial charge is 0.497 e. The predicted molar refractivity (Wildman–Crippen MR) is 252 cm³/mol. The smallest absolute Gasteiger partial charge is 0.425 e. The van der Waals surface area contributed by atoms with Crippen LogP contribution in [0.3, 0.4) is 0 Å². The van der Waals surface area contributed by atoms with Gasteiger partial charge in [0.2, 0.25) is 0 Å². The first kappa shape index (κ1) is 47.1. The molecule has 3 aromatic heterocycles. The van der Waals surface area contributed by atoms with E-state index in [1.54, 1.807) is 66.5 Å². The number of hydrogen-bond acceptors (Lipinski definition) is 13. The van der Waals surface area contributed by atoms with Crippen LogP contribution in [0.2, 0.25) is 5.02 Å². The maximum absolute atomic E-state index is 16.1. The van der Waals surface area contributed by atoms with Crippen molar-refractivity contribution in [3.8, 4) is 11.5 Å². The van der Waals surface area contributed by atoms with E-state index < -0.39 is 53.2 Å². The van der Waals surface area contributed by atoms with Crippen LogP contribution >= 0.6 is 11.6 Å². The standard InChI is InChI=1S/C50H55ClFN7O8/c1-48(2,3)66-46(60)58(47(61)67-49(4,5)6)43-36-25-55-59(44(36)54-28-53-43)40-23-32(41-42(40)65-50(7,8)64-41)16-11-31-21-38(52)35-24-37(51)45(56-39(35)22-31)57(26-29-12-17-33(62-9)18-13-29)27-30-14-19-34(63-10)20-15-30/h12-15,17-25,28,40-42H,11,16,26-27H2,1-10H3/t40-,41-,42+/m1/s1. The molecular formula is C50H55ClFN7O8. The SMILES string of the molecule is COc1ccc(CN(Cc2ccc(OC)cc2)c2nc3cc(CCC4=C[C@@H](n5ncc6c(N(C(=O)OC(C)(C)C)C(=O)OC(C)(C)C)ncnc65)[C@@H]5OC(C)(C)O[C@H]45)cc(F)c3cc2Cl)cc1. The molecule has 17 heteroatoms. The first-order valence-electron chi connectivity index (χ1n) is 22.0. The van der Waals surface area contributed by atoms with Crippen molar-refractivity contribution < 1.29 is 42.4 Å². The zero-order valence-corrected chi connectivity index (χ0v) is 40.1. The van der Waals surface area contributed by atoms with Crippen LogP contribution in [0, 0.1) is 5.82 Å². The van der Waals surface area contributed by atoms with Crippen LogP contribution in [-0.4, -0.2) is 80.3 Å². The van der Waals surface area contributed by atoms with Gasteiger partial charge in [-0.15, -0.1) is 0 Å². The summed E-state index contributed by atoms with van der Waals surface area (Å²) in [4.78, 5) is 43.9. The molecule has 1 saturated heterocycles. The number of rotatable bonds is 12. The van der Waals surface area contributed by atoms with Crippen molar-refractivity contribution in [1.29, 1.82) is 0 Å². The van der Waals surface area contributed by atoms with Crippen molar-refractivity contribution in [1.82, 2.24) is 24.7 Å². The average molecular weight is 936 g/mol. The number of pyridine rings is 1. The molecule has 352 valence electrons. The number of aryl methyl sites for hydroxylation is 1. The minimum Gasteiger partial charge on any atom is -0.497 e. The maximum Gasteiger partial charge on any atom is 0.425 e. The Morgan fingerprint density at radius 3 is 1.96 bits per heavy atom. The number of halogens is 2. The lowest BCUT2D eigenvalue weighted by molar-refractivity contribution is -0.148. The number of imide groups is 1. The molecule has 15 nitrogen and oxygen atoms in total. The average Bonchev–Trinajstić information content (AvgIpc) is 3.93. The van der Waals surface area contributed by atoms with Crippen molar-refractivity contribution >= 4 is 57.4 Å². The van der Waals surface area contributed by atoms with Crippen molar-refractivity contribution in [3.05, 3.63) is 118 Å². The molecule has 3 aromatic carbocycles. The van der Waals surface area contributed by atoms with E-state index in [9.17, 15) is 9.59 Å². The van der Waals surface area contributed by atoms with Crippen molar-refractivity contribution in [2.45, 2.75) is 117 Å². The molecule has 6 aromatic rings. The van der Waals surface area contributed by atoms with Crippen LogP contribution < -0.4 is 19.3 Å². The summed E-state index contributed by atoms with van der Waals surface area (Å²) in [5, 5.41) is 5.65. The van der Waals surface area contributed by atoms with E-state index in [1.807, 2.05) is 74.5 Å². The van der Waals surface area contributed by atoms with Gasteiger partial charge in [-0.05, 0) is 133 Å². The van der Waals surface area contributed by atoms with E-state index in [1.165, 1.54) is 18.6 Å². The first-order chi connectivity index (χ1) is 31.7. The summed E-state index contributed by atoms with van der Waals surface area (Å²) in [6, 6.07) is 20.1. The summed E-state index contributed by atoms with van der Waals surface area (Å²) < 4.78 is 52.8. The third-order valence-corrected chi connectivity index (χ3v) is 11.5. The predicted octanol–water partition coefficient (Wildman–Crippen LogP) is 10.7. The van der Waals surface area contributed by atoms with Crippen LogP contribution in [-0.2, 0) is 38.5 Å². The second-order valence-electron chi connectivity index (χ2n) is 19.1. The molecule has 2 aliphatic rings. The van der Waals surface area contributed by atoms with Crippen LogP contribution in [0.4, 0.5) is 25.6 Å². The lowest BCUT2D eigenvalue weighted by Gasteiger charge is -2.28. The van der Waals surface area contributed by atoms with Gasteiger partial charge >= 0.3 is 12.2 Å². The van der Waals surface area contributed by atoms with Gasteiger partial charge in [0.1, 0.15) is 58.9 Å². The molecule has 0 radical (unpaired) electrons. The Morgan fingerprint density at radius 1 is 0.791 bits per heavy atom. The minimum absolute atomic E-state index is 0.0524. The van der Waals surface area contributed by atoms with Crippen molar-refractivity contribution in [2.24, 2.45) is 0 Å². The van der Waals surface area contributed by atoms with E-state index in [2.05, 4.69) is 14.9 Å². The van der Waals surface area contributed by atoms with Gasteiger partial charge in [-0.2, -0.15) is 10.00 Å². The van der Waals surface area contributed by atoms with Gasteiger partial charge in [0.25, 0.3) is 0 Å². The third kappa shape index (κ3) is 10.5. The summed E-state index contributed by atoms with van der Waals surface area (Å²) in [7, 11) is 3.26. The molecule has 1 aliphatic heterocycles. The van der Waals surface area contributed by atoms with Crippen LogP contribution in [0.25, 0.3) is 21.9 Å². The van der Waals surface area contributed by atoms with E-state index in [0.717, 1.165) is 38.7 Å². The first-order valence-corrected chi connectivity index (χ1v) is 22.4. The Kier molecular flexibility index (Phi) is 12.9. The number of anilines is 2. The Hall–Kier alpha value is -6.36. The van der Waals surface area contributed by atoms with Crippen LogP contribution in [0.1, 0.15) is 84.5 Å². The van der Waals surface area contributed by atoms with Crippen LogP contribution in [0.15, 0.2) is 90.9 Å². The number of fused-ring (bicyclic) bond motifs is 3. The highest BCUT2D eigenvalue weighted by Gasteiger charge is 2.51. The fourth-order valence-electron chi connectivity index (χ4n) is 8.29. The monoisotopic (exact) mass is 935 g/mol. The molecule has 3 atom stereocenters. The Labute approximate surface area is 393 Å². The molecule has 0 N–H and O–H groups in total. The molecule has 0 saturated carbocycles. The number of carbonyl (C=O) groups is 2. The summed E-state index contributed by atoms with van der Waals surface area (Å²) in [6.07, 6.45) is 2.82. The molecule has 2 amide bonds. The lowest BCUT2D eigenvalue weighted by atomic mass is 10.0. The van der Waals surface area contributed by atoms with Gasteiger partial charge in [-0.1, -0.05) is 41.9 Å². The number of nitrogens with zero attached hydrogens (tertiary/aromatic N) is 7. The minimum atomic E-state index is -0.967. The molecule has 67 heavy (non-hydrogen) atoms. The maximum atomic E-state index is 16.1. The molecule has 1 fully saturated rings. The number of ether oxygens (including phenoxy) is 6. The van der Waals surface area contributed by atoms with E-state index in [-0.39, 0.29) is 5.82 Å². The summed E-state index contributed by atoms with van der Waals surface area (Å²) >= 11 is 6.95. The van der Waals surface area contributed by atoms with Crippen molar-refractivity contribution in [3.63, 3.8) is 0 Å². The zero-order valence-electron chi connectivity index (χ0n) is 39.3. The zero-order chi connectivity index (χ0) is 48.0. The number of benzene rings is 3. The van der Waals surface area contributed by atoms with E-state index >= 15 is 4.39 Å². The second kappa shape index (κ2) is 18.4. The van der Waals surface area contributed by atoms with E-state index in [4.69, 9.17) is 50.1 Å².